The fraction of sp³-hybridized carbons (Fsp3) is 0.200. The Morgan fingerprint density at radius 2 is 2.33 bits per heavy atom. The first-order chi connectivity index (χ1) is 7.13. The molecule has 78 valence electrons. The molecule has 0 aliphatic rings. The van der Waals surface area contributed by atoms with Crippen molar-refractivity contribution < 1.29 is 13.9 Å². The monoisotopic (exact) mass is 271 g/mol. The van der Waals surface area contributed by atoms with E-state index >= 15 is 0 Å². The predicted molar refractivity (Wildman–Crippen MR) is 55.1 cm³/mol. The van der Waals surface area contributed by atoms with Crippen LogP contribution in [0.5, 0.6) is 0 Å². The summed E-state index contributed by atoms with van der Waals surface area (Å²) in [5.41, 5.74) is 0.370. The molecule has 0 amide bonds. The van der Waals surface area contributed by atoms with Gasteiger partial charge in [0.15, 0.2) is 0 Å². The molecule has 0 atom stereocenters. The van der Waals surface area contributed by atoms with Gasteiger partial charge in [-0.3, -0.25) is 0 Å². The van der Waals surface area contributed by atoms with Crippen molar-refractivity contribution in [1.29, 1.82) is 5.26 Å². The van der Waals surface area contributed by atoms with E-state index < -0.39 is 11.8 Å². The summed E-state index contributed by atoms with van der Waals surface area (Å²) in [4.78, 5) is 11.3. The molecular formula is C10H7BrFNO2. The maximum absolute atomic E-state index is 13.3. The number of carbonyl (C=O) groups excluding carboxylic acids is 1. The van der Waals surface area contributed by atoms with Crippen LogP contribution >= 0.6 is 15.9 Å². The highest BCUT2D eigenvalue weighted by Crippen LogP contribution is 2.18. The van der Waals surface area contributed by atoms with Crippen LogP contribution in [0.3, 0.4) is 0 Å². The SMILES string of the molecule is COC(=O)c1cc(CBr)c(F)cc1C#N. The number of halogens is 2. The van der Waals surface area contributed by atoms with E-state index in [1.165, 1.54) is 13.2 Å². The molecule has 0 spiro atoms. The summed E-state index contributed by atoms with van der Waals surface area (Å²) >= 11 is 3.08. The number of rotatable bonds is 2. The molecular weight excluding hydrogens is 265 g/mol. The predicted octanol–water partition coefficient (Wildman–Crippen LogP) is 2.38. The second kappa shape index (κ2) is 4.89. The number of ether oxygens (including phenoxy) is 1. The van der Waals surface area contributed by atoms with Crippen molar-refractivity contribution in [2.24, 2.45) is 0 Å². The van der Waals surface area contributed by atoms with Crippen molar-refractivity contribution in [3.05, 3.63) is 34.6 Å². The maximum Gasteiger partial charge on any atom is 0.339 e. The summed E-state index contributed by atoms with van der Waals surface area (Å²) in [5, 5.41) is 8.99. The lowest BCUT2D eigenvalue weighted by Gasteiger charge is -2.05. The van der Waals surface area contributed by atoms with Gasteiger partial charge in [0, 0.05) is 5.33 Å². The molecule has 0 aliphatic carbocycles. The lowest BCUT2D eigenvalue weighted by atomic mass is 10.1. The summed E-state index contributed by atoms with van der Waals surface area (Å²) in [6.45, 7) is 0. The quantitative estimate of drug-likeness (QED) is 0.613. The van der Waals surface area contributed by atoms with Crippen molar-refractivity contribution in [2.45, 2.75) is 5.33 Å². The Balaban J connectivity index is 3.37. The third kappa shape index (κ3) is 2.34. The molecule has 0 unspecified atom stereocenters. The van der Waals surface area contributed by atoms with Gasteiger partial charge in [-0.05, 0) is 17.7 Å². The molecule has 15 heavy (non-hydrogen) atoms. The van der Waals surface area contributed by atoms with Gasteiger partial charge in [-0.1, -0.05) is 15.9 Å². The molecule has 5 heteroatoms. The van der Waals surface area contributed by atoms with Gasteiger partial charge >= 0.3 is 5.97 Å². The fourth-order valence-electron chi connectivity index (χ4n) is 1.09. The van der Waals surface area contributed by atoms with Crippen LogP contribution in [0, 0.1) is 17.1 Å². The van der Waals surface area contributed by atoms with Gasteiger partial charge in [0.05, 0.1) is 18.2 Å². The Hall–Kier alpha value is -1.41. The van der Waals surface area contributed by atoms with Crippen molar-refractivity contribution in [1.82, 2.24) is 0 Å². The topological polar surface area (TPSA) is 50.1 Å². The minimum absolute atomic E-state index is 0.0240. The molecule has 0 saturated heterocycles. The van der Waals surface area contributed by atoms with Crippen LogP contribution in [0.4, 0.5) is 4.39 Å². The first-order valence-corrected chi connectivity index (χ1v) is 5.13. The smallest absolute Gasteiger partial charge is 0.339 e. The van der Waals surface area contributed by atoms with Crippen LogP contribution in [0.2, 0.25) is 0 Å². The number of nitrogens with zero attached hydrogens (tertiary/aromatic N) is 1. The number of carbonyl (C=O) groups is 1. The molecule has 0 bridgehead atoms. The van der Waals surface area contributed by atoms with E-state index in [4.69, 9.17) is 5.26 Å². The van der Waals surface area contributed by atoms with Crippen molar-refractivity contribution in [3.63, 3.8) is 0 Å². The number of esters is 1. The highest BCUT2D eigenvalue weighted by Gasteiger charge is 2.15. The second-order valence-electron chi connectivity index (χ2n) is 2.73. The summed E-state index contributed by atoms with van der Waals surface area (Å²) in [5.74, 6) is -1.16. The average Bonchev–Trinajstić information content (AvgIpc) is 2.27. The number of benzene rings is 1. The van der Waals surface area contributed by atoms with E-state index in [-0.39, 0.29) is 16.5 Å². The molecule has 0 aromatic heterocycles. The molecule has 1 aromatic rings. The minimum Gasteiger partial charge on any atom is -0.465 e. The summed E-state index contributed by atoms with van der Waals surface area (Å²) in [6.07, 6.45) is 0. The first-order valence-electron chi connectivity index (χ1n) is 4.00. The molecule has 0 radical (unpaired) electrons. The Bertz CT molecular complexity index is 440. The molecule has 0 N–H and O–H groups in total. The molecule has 0 saturated carbocycles. The van der Waals surface area contributed by atoms with E-state index in [0.29, 0.717) is 5.56 Å². The van der Waals surface area contributed by atoms with E-state index in [1.54, 1.807) is 6.07 Å². The zero-order valence-corrected chi connectivity index (χ0v) is 9.47. The Morgan fingerprint density at radius 3 is 2.80 bits per heavy atom. The standard InChI is InChI=1S/C10H7BrFNO2/c1-15-10(14)8-2-6(4-11)9(12)3-7(8)5-13/h2-3H,4H2,1H3. The lowest BCUT2D eigenvalue weighted by Crippen LogP contribution is -2.06. The van der Waals surface area contributed by atoms with Crippen LogP contribution in [0.1, 0.15) is 21.5 Å². The Labute approximate surface area is 94.6 Å². The van der Waals surface area contributed by atoms with Gasteiger partial charge in [0.1, 0.15) is 11.9 Å². The number of methoxy groups -OCH3 is 1. The van der Waals surface area contributed by atoms with Crippen LogP contribution in [0.15, 0.2) is 12.1 Å². The number of hydrogen-bond acceptors (Lipinski definition) is 3. The van der Waals surface area contributed by atoms with Gasteiger partial charge in [-0.15, -0.1) is 0 Å². The summed E-state index contributed by atoms with van der Waals surface area (Å²) in [6, 6.07) is 4.09. The summed E-state index contributed by atoms with van der Waals surface area (Å²) in [7, 11) is 1.21. The number of alkyl halides is 1. The van der Waals surface area contributed by atoms with Gasteiger partial charge in [0.2, 0.25) is 0 Å². The summed E-state index contributed by atoms with van der Waals surface area (Å²) < 4.78 is 17.7. The minimum atomic E-state index is -0.645. The van der Waals surface area contributed by atoms with Crippen LogP contribution < -0.4 is 0 Å². The second-order valence-corrected chi connectivity index (χ2v) is 3.29. The highest BCUT2D eigenvalue weighted by atomic mass is 79.9. The van der Waals surface area contributed by atoms with Crippen molar-refractivity contribution in [2.75, 3.05) is 7.11 Å². The van der Waals surface area contributed by atoms with Crippen molar-refractivity contribution >= 4 is 21.9 Å². The van der Waals surface area contributed by atoms with E-state index in [2.05, 4.69) is 20.7 Å². The zero-order chi connectivity index (χ0) is 11.4. The van der Waals surface area contributed by atoms with Crippen LogP contribution in [0.25, 0.3) is 0 Å². The number of hydrogen-bond donors (Lipinski definition) is 0. The number of nitriles is 1. The van der Waals surface area contributed by atoms with E-state index in [1.807, 2.05) is 0 Å². The molecule has 0 fully saturated rings. The van der Waals surface area contributed by atoms with Gasteiger partial charge in [-0.2, -0.15) is 5.26 Å². The van der Waals surface area contributed by atoms with Crippen LogP contribution in [-0.2, 0) is 10.1 Å². The molecule has 3 nitrogen and oxygen atoms in total. The van der Waals surface area contributed by atoms with Gasteiger partial charge in [0.25, 0.3) is 0 Å². The maximum atomic E-state index is 13.3. The molecule has 0 heterocycles. The Kier molecular flexibility index (Phi) is 3.81. The lowest BCUT2D eigenvalue weighted by molar-refractivity contribution is 0.0600. The van der Waals surface area contributed by atoms with E-state index in [0.717, 1.165) is 6.07 Å². The van der Waals surface area contributed by atoms with Gasteiger partial charge in [-0.25, -0.2) is 9.18 Å². The highest BCUT2D eigenvalue weighted by molar-refractivity contribution is 9.08. The average molecular weight is 272 g/mol. The molecule has 1 aromatic carbocycles. The van der Waals surface area contributed by atoms with Crippen LogP contribution in [-0.4, -0.2) is 13.1 Å². The fourth-order valence-corrected chi connectivity index (χ4v) is 1.52. The largest absolute Gasteiger partial charge is 0.465 e. The third-order valence-corrected chi connectivity index (χ3v) is 2.46. The third-order valence-electron chi connectivity index (χ3n) is 1.86. The van der Waals surface area contributed by atoms with Gasteiger partial charge < -0.3 is 4.74 Å². The van der Waals surface area contributed by atoms with Crippen molar-refractivity contribution in [3.8, 4) is 6.07 Å². The first kappa shape index (κ1) is 11.7. The molecule has 1 rings (SSSR count). The zero-order valence-electron chi connectivity index (χ0n) is 7.88. The van der Waals surface area contributed by atoms with E-state index in [9.17, 15) is 9.18 Å². The molecule has 0 aliphatic heterocycles. The normalized spacial score (nSPS) is 9.47. The Morgan fingerprint density at radius 1 is 1.67 bits per heavy atom.